The van der Waals surface area contributed by atoms with Gasteiger partial charge in [-0.1, -0.05) is 0 Å². The number of fused-ring (bicyclic) bond motifs is 1. The molecule has 1 heterocycles. The zero-order chi connectivity index (χ0) is 17.8. The Kier molecular flexibility index (Phi) is 4.85. The van der Waals surface area contributed by atoms with E-state index in [-0.39, 0.29) is 0 Å². The monoisotopic (exact) mass is 361 g/mol. The molecule has 1 aromatic heterocycles. The zero-order valence-corrected chi connectivity index (χ0v) is 14.3. The lowest BCUT2D eigenvalue weighted by Crippen LogP contribution is -1.96. The van der Waals surface area contributed by atoms with Crippen molar-refractivity contribution in [1.82, 2.24) is 9.97 Å². The van der Waals surface area contributed by atoms with Gasteiger partial charge in [-0.25, -0.2) is 18.4 Å². The zero-order valence-electron chi connectivity index (χ0n) is 13.4. The van der Waals surface area contributed by atoms with Crippen molar-refractivity contribution in [2.24, 2.45) is 0 Å². The second-order valence-corrected chi connectivity index (χ2v) is 5.64. The molecule has 0 aliphatic rings. The Morgan fingerprint density at radius 1 is 0.960 bits per heavy atom. The lowest BCUT2D eigenvalue weighted by molar-refractivity contribution is 0.355. The van der Waals surface area contributed by atoms with E-state index in [2.05, 4.69) is 14.7 Å². The van der Waals surface area contributed by atoms with Crippen molar-refractivity contribution >= 4 is 27.5 Å². The molecule has 0 fully saturated rings. The standard InChI is InChI=1S/C16H15N3O5S/c1-22-14-7-12-13(8-15(14)23-2)17-9-18-16(12)24-11-5-3-10(4-6-11)19-25(20)21/h3-9,25H,1-2H3,(H,19,20,21). The summed E-state index contributed by atoms with van der Waals surface area (Å²) in [4.78, 5) is 8.37. The van der Waals surface area contributed by atoms with Crippen LogP contribution in [0.3, 0.4) is 0 Å². The van der Waals surface area contributed by atoms with Crippen molar-refractivity contribution in [3.63, 3.8) is 0 Å². The molecule has 2 aromatic carbocycles. The van der Waals surface area contributed by atoms with Gasteiger partial charge < -0.3 is 14.2 Å². The number of nitrogens with one attached hydrogen (secondary N) is 1. The van der Waals surface area contributed by atoms with Gasteiger partial charge in [-0.2, -0.15) is 0 Å². The average Bonchev–Trinajstić information content (AvgIpc) is 2.62. The molecule has 0 aliphatic carbocycles. The van der Waals surface area contributed by atoms with E-state index in [1.54, 1.807) is 50.6 Å². The molecular weight excluding hydrogens is 346 g/mol. The van der Waals surface area contributed by atoms with Crippen LogP contribution in [0.5, 0.6) is 23.1 Å². The third kappa shape index (κ3) is 3.72. The minimum Gasteiger partial charge on any atom is -0.493 e. The summed E-state index contributed by atoms with van der Waals surface area (Å²) in [5.41, 5.74) is 1.09. The van der Waals surface area contributed by atoms with E-state index in [0.717, 1.165) is 0 Å². The van der Waals surface area contributed by atoms with E-state index in [1.165, 1.54) is 6.33 Å². The van der Waals surface area contributed by atoms with Crippen molar-refractivity contribution in [3.05, 3.63) is 42.7 Å². The number of hydrogen-bond acceptors (Lipinski definition) is 7. The molecule has 0 saturated heterocycles. The van der Waals surface area contributed by atoms with Crippen LogP contribution >= 0.6 is 0 Å². The van der Waals surface area contributed by atoms with Crippen LogP contribution in [-0.2, 0) is 10.9 Å². The van der Waals surface area contributed by atoms with E-state index < -0.39 is 10.9 Å². The fourth-order valence-electron chi connectivity index (χ4n) is 2.26. The quantitative estimate of drug-likeness (QED) is 0.650. The summed E-state index contributed by atoms with van der Waals surface area (Å²) in [5, 5.41) is 0.657. The predicted octanol–water partition coefficient (Wildman–Crippen LogP) is 2.38. The maximum atomic E-state index is 10.7. The van der Waals surface area contributed by atoms with Crippen LogP contribution in [0.15, 0.2) is 42.7 Å². The Morgan fingerprint density at radius 2 is 1.64 bits per heavy atom. The number of nitrogens with zero attached hydrogens (tertiary/aromatic N) is 2. The van der Waals surface area contributed by atoms with E-state index in [1.807, 2.05) is 0 Å². The van der Waals surface area contributed by atoms with Crippen LogP contribution in [0, 0.1) is 0 Å². The van der Waals surface area contributed by atoms with Crippen molar-refractivity contribution in [2.45, 2.75) is 0 Å². The van der Waals surface area contributed by atoms with Crippen LogP contribution in [0.2, 0.25) is 0 Å². The Labute approximate surface area is 145 Å². The highest BCUT2D eigenvalue weighted by atomic mass is 32.2. The molecule has 25 heavy (non-hydrogen) atoms. The van der Waals surface area contributed by atoms with Crippen LogP contribution in [0.1, 0.15) is 0 Å². The van der Waals surface area contributed by atoms with Crippen molar-refractivity contribution in [1.29, 1.82) is 0 Å². The second kappa shape index (κ2) is 7.22. The summed E-state index contributed by atoms with van der Waals surface area (Å²) in [6, 6.07) is 9.93. The van der Waals surface area contributed by atoms with Gasteiger partial charge in [0, 0.05) is 11.8 Å². The minimum atomic E-state index is -2.71. The van der Waals surface area contributed by atoms with E-state index >= 15 is 0 Å². The first-order chi connectivity index (χ1) is 12.1. The summed E-state index contributed by atoms with van der Waals surface area (Å²) in [7, 11) is 0.386. The van der Waals surface area contributed by atoms with Crippen molar-refractivity contribution < 1.29 is 22.6 Å². The topological polar surface area (TPSA) is 99.6 Å². The molecule has 0 spiro atoms. The molecule has 0 bridgehead atoms. The summed E-state index contributed by atoms with van der Waals surface area (Å²) >= 11 is 0. The molecule has 130 valence electrons. The number of anilines is 1. The van der Waals surface area contributed by atoms with E-state index in [0.29, 0.717) is 39.7 Å². The van der Waals surface area contributed by atoms with Crippen LogP contribution in [0.4, 0.5) is 5.69 Å². The first kappa shape index (κ1) is 16.8. The number of hydrogen-bond donors (Lipinski definition) is 2. The summed E-state index contributed by atoms with van der Waals surface area (Å²) in [6.07, 6.45) is 1.39. The number of methoxy groups -OCH3 is 2. The molecule has 0 radical (unpaired) electrons. The summed E-state index contributed by atoms with van der Waals surface area (Å²) in [5.74, 6) is 1.94. The highest BCUT2D eigenvalue weighted by Crippen LogP contribution is 2.35. The van der Waals surface area contributed by atoms with Gasteiger partial charge in [0.05, 0.1) is 25.1 Å². The lowest BCUT2D eigenvalue weighted by Gasteiger charge is -2.11. The van der Waals surface area contributed by atoms with Crippen molar-refractivity contribution in [3.8, 4) is 23.1 Å². The van der Waals surface area contributed by atoms with Crippen LogP contribution < -0.4 is 18.9 Å². The van der Waals surface area contributed by atoms with Gasteiger partial charge in [0.25, 0.3) is 0 Å². The number of rotatable bonds is 6. The first-order valence-corrected chi connectivity index (χ1v) is 8.34. The molecule has 3 aromatic rings. The van der Waals surface area contributed by atoms with Gasteiger partial charge in [0.1, 0.15) is 12.1 Å². The SMILES string of the molecule is COc1cc2ncnc(Oc3ccc(N[SH](=O)=O)cc3)c2cc1OC. The average molecular weight is 361 g/mol. The highest BCUT2D eigenvalue weighted by Gasteiger charge is 2.12. The summed E-state index contributed by atoms with van der Waals surface area (Å²) < 4.78 is 40.0. The fraction of sp³-hybridized carbons (Fsp3) is 0.125. The predicted molar refractivity (Wildman–Crippen MR) is 93.1 cm³/mol. The molecule has 0 aliphatic heterocycles. The lowest BCUT2D eigenvalue weighted by atomic mass is 10.2. The molecule has 0 unspecified atom stereocenters. The van der Waals surface area contributed by atoms with Gasteiger partial charge in [0.2, 0.25) is 16.8 Å². The fourth-order valence-corrected chi connectivity index (χ4v) is 2.62. The Morgan fingerprint density at radius 3 is 2.28 bits per heavy atom. The third-order valence-corrected chi connectivity index (χ3v) is 3.83. The van der Waals surface area contributed by atoms with E-state index in [9.17, 15) is 8.42 Å². The largest absolute Gasteiger partial charge is 0.493 e. The van der Waals surface area contributed by atoms with Gasteiger partial charge >= 0.3 is 0 Å². The molecule has 0 saturated carbocycles. The second-order valence-electron chi connectivity index (χ2n) is 4.90. The molecule has 1 N–H and O–H groups in total. The van der Waals surface area contributed by atoms with Crippen LogP contribution in [0.25, 0.3) is 10.9 Å². The number of benzene rings is 2. The molecule has 0 amide bonds. The highest BCUT2D eigenvalue weighted by molar-refractivity contribution is 7.73. The van der Waals surface area contributed by atoms with Gasteiger partial charge in [0.15, 0.2) is 11.5 Å². The van der Waals surface area contributed by atoms with Crippen LogP contribution in [-0.4, -0.2) is 32.6 Å². The van der Waals surface area contributed by atoms with Gasteiger partial charge in [-0.3, -0.25) is 4.72 Å². The third-order valence-electron chi connectivity index (χ3n) is 3.39. The normalized spacial score (nSPS) is 10.7. The Balaban J connectivity index is 1.95. The number of thiol groups is 1. The Bertz CT molecular complexity index is 965. The Hall–Kier alpha value is -3.07. The number of aromatic nitrogens is 2. The first-order valence-electron chi connectivity index (χ1n) is 7.16. The molecule has 0 atom stereocenters. The maximum Gasteiger partial charge on any atom is 0.230 e. The molecule has 8 nitrogen and oxygen atoms in total. The molecule has 9 heteroatoms. The van der Waals surface area contributed by atoms with Gasteiger partial charge in [-0.05, 0) is 30.3 Å². The van der Waals surface area contributed by atoms with E-state index in [4.69, 9.17) is 14.2 Å². The summed E-state index contributed by atoms with van der Waals surface area (Å²) in [6.45, 7) is 0. The van der Waals surface area contributed by atoms with Crippen molar-refractivity contribution in [2.75, 3.05) is 18.9 Å². The van der Waals surface area contributed by atoms with Gasteiger partial charge in [-0.15, -0.1) is 0 Å². The maximum absolute atomic E-state index is 10.7. The molecular formula is C16H15N3O5S. The molecule has 3 rings (SSSR count). The minimum absolute atomic E-state index is 0.349. The number of ether oxygens (including phenoxy) is 3. The smallest absolute Gasteiger partial charge is 0.230 e.